The number of hydrogen-bond donors (Lipinski definition) is 2. The first-order chi connectivity index (χ1) is 8.30. The van der Waals surface area contributed by atoms with E-state index in [9.17, 15) is 0 Å². The van der Waals surface area contributed by atoms with Crippen LogP contribution in [0.4, 0.5) is 0 Å². The van der Waals surface area contributed by atoms with Gasteiger partial charge in [-0.1, -0.05) is 6.07 Å². The van der Waals surface area contributed by atoms with Crippen LogP contribution in [0.1, 0.15) is 43.0 Å². The van der Waals surface area contributed by atoms with Crippen molar-refractivity contribution in [1.82, 2.24) is 10.3 Å². The van der Waals surface area contributed by atoms with Crippen LogP contribution in [0.2, 0.25) is 0 Å². The number of pyridine rings is 1. The highest BCUT2D eigenvalue weighted by Gasteiger charge is 2.68. The molecule has 0 radical (unpaired) electrons. The number of rotatable bonds is 0. The van der Waals surface area contributed by atoms with E-state index in [0.29, 0.717) is 10.8 Å². The number of nitrogens with two attached hydrogens (primary N) is 1. The van der Waals surface area contributed by atoms with Crippen LogP contribution < -0.4 is 11.1 Å². The molecule has 3 aliphatic rings. The van der Waals surface area contributed by atoms with Crippen LogP contribution in [0.15, 0.2) is 18.3 Å². The van der Waals surface area contributed by atoms with Gasteiger partial charge in [0.15, 0.2) is 0 Å². The normalized spacial score (nSPS) is 31.7. The number of nitrogens with zero attached hydrogens (tertiary/aromatic N) is 1. The lowest BCUT2D eigenvalue weighted by Gasteiger charge is -2.43. The molecule has 1 saturated heterocycles. The van der Waals surface area contributed by atoms with E-state index in [2.05, 4.69) is 16.4 Å². The Morgan fingerprint density at radius 3 is 2.71 bits per heavy atom. The van der Waals surface area contributed by atoms with Gasteiger partial charge in [-0.3, -0.25) is 4.98 Å². The first-order valence-corrected chi connectivity index (χ1v) is 6.72. The highest BCUT2D eigenvalue weighted by molar-refractivity contribution is 5.46. The van der Waals surface area contributed by atoms with Crippen molar-refractivity contribution in [1.29, 1.82) is 0 Å². The fourth-order valence-corrected chi connectivity index (χ4v) is 4.42. The Kier molecular flexibility index (Phi) is 1.82. The minimum atomic E-state index is 0.204. The van der Waals surface area contributed by atoms with Crippen molar-refractivity contribution in [2.45, 2.75) is 37.1 Å². The largest absolute Gasteiger partial charge is 0.323 e. The van der Waals surface area contributed by atoms with Gasteiger partial charge in [0, 0.05) is 23.1 Å². The van der Waals surface area contributed by atoms with Crippen LogP contribution in [0.25, 0.3) is 0 Å². The molecular weight excluding hydrogens is 210 g/mol. The lowest BCUT2D eigenvalue weighted by Crippen LogP contribution is -2.47. The van der Waals surface area contributed by atoms with E-state index in [1.165, 1.54) is 36.9 Å². The molecule has 1 atom stereocenters. The maximum atomic E-state index is 6.60. The van der Waals surface area contributed by atoms with E-state index in [-0.39, 0.29) is 6.04 Å². The second-order valence-electron chi connectivity index (χ2n) is 5.91. The van der Waals surface area contributed by atoms with Crippen molar-refractivity contribution < 1.29 is 0 Å². The minimum absolute atomic E-state index is 0.204. The Balaban J connectivity index is 1.89. The Labute approximate surface area is 102 Å². The molecule has 1 aromatic heterocycles. The average molecular weight is 229 g/mol. The number of aromatic nitrogens is 1. The predicted octanol–water partition coefficient (Wildman–Crippen LogP) is 1.50. The van der Waals surface area contributed by atoms with Crippen molar-refractivity contribution >= 4 is 0 Å². The Bertz CT molecular complexity index is 458. The molecule has 4 rings (SSSR count). The summed E-state index contributed by atoms with van der Waals surface area (Å²) in [4.78, 5) is 4.67. The third-order valence-corrected chi connectivity index (χ3v) is 5.42. The van der Waals surface area contributed by atoms with E-state index in [1.54, 1.807) is 0 Å². The molecule has 0 bridgehead atoms. The van der Waals surface area contributed by atoms with Crippen molar-refractivity contribution in [2.75, 3.05) is 13.1 Å². The van der Waals surface area contributed by atoms with Crippen LogP contribution >= 0.6 is 0 Å². The van der Waals surface area contributed by atoms with Crippen LogP contribution in [-0.4, -0.2) is 18.1 Å². The van der Waals surface area contributed by atoms with E-state index >= 15 is 0 Å². The zero-order chi connectivity index (χ0) is 11.5. The number of hydrogen-bond acceptors (Lipinski definition) is 3. The first kappa shape index (κ1) is 10.0. The topological polar surface area (TPSA) is 50.9 Å². The summed E-state index contributed by atoms with van der Waals surface area (Å²) >= 11 is 0. The molecule has 0 unspecified atom stereocenters. The lowest BCUT2D eigenvalue weighted by molar-refractivity contribution is 0.119. The summed E-state index contributed by atoms with van der Waals surface area (Å²) in [5.74, 6) is 0. The molecule has 0 amide bonds. The molecule has 1 aliphatic heterocycles. The molecule has 3 heteroatoms. The van der Waals surface area contributed by atoms with Gasteiger partial charge in [-0.05, 0) is 50.4 Å². The standard InChI is InChI=1S/C14H19N3/c15-11-10-2-1-7-17-12(10)14(3-4-14)13(11)5-8-16-9-6-13/h1-2,7,11,16H,3-6,8-9,15H2/t11-/m1/s1. The predicted molar refractivity (Wildman–Crippen MR) is 66.6 cm³/mol. The molecular formula is C14H19N3. The second kappa shape index (κ2) is 3.09. The van der Waals surface area contributed by atoms with E-state index < -0.39 is 0 Å². The smallest absolute Gasteiger partial charge is 0.0519 e. The quantitative estimate of drug-likeness (QED) is 0.709. The van der Waals surface area contributed by atoms with Gasteiger partial charge in [-0.15, -0.1) is 0 Å². The third-order valence-electron chi connectivity index (χ3n) is 5.42. The summed E-state index contributed by atoms with van der Waals surface area (Å²) in [7, 11) is 0. The maximum absolute atomic E-state index is 6.60. The summed E-state index contributed by atoms with van der Waals surface area (Å²) < 4.78 is 0. The number of nitrogens with one attached hydrogen (secondary N) is 1. The van der Waals surface area contributed by atoms with Crippen molar-refractivity contribution in [3.8, 4) is 0 Å². The van der Waals surface area contributed by atoms with Crippen molar-refractivity contribution in [2.24, 2.45) is 11.1 Å². The minimum Gasteiger partial charge on any atom is -0.323 e. The van der Waals surface area contributed by atoms with E-state index in [4.69, 9.17) is 5.73 Å². The summed E-state index contributed by atoms with van der Waals surface area (Å²) in [5.41, 5.74) is 9.90. The van der Waals surface area contributed by atoms with Gasteiger partial charge in [0.05, 0.1) is 5.69 Å². The maximum Gasteiger partial charge on any atom is 0.0519 e. The highest BCUT2D eigenvalue weighted by atomic mass is 14.9. The zero-order valence-electron chi connectivity index (χ0n) is 10.1. The van der Waals surface area contributed by atoms with Gasteiger partial charge >= 0.3 is 0 Å². The van der Waals surface area contributed by atoms with Gasteiger partial charge in [0.25, 0.3) is 0 Å². The molecule has 17 heavy (non-hydrogen) atoms. The van der Waals surface area contributed by atoms with E-state index in [0.717, 1.165) is 13.1 Å². The molecule has 90 valence electrons. The fourth-order valence-electron chi connectivity index (χ4n) is 4.42. The highest BCUT2D eigenvalue weighted by Crippen LogP contribution is 2.71. The van der Waals surface area contributed by atoms with Crippen LogP contribution in [-0.2, 0) is 5.41 Å². The Hall–Kier alpha value is -0.930. The molecule has 3 nitrogen and oxygen atoms in total. The molecule has 2 fully saturated rings. The zero-order valence-corrected chi connectivity index (χ0v) is 10.1. The van der Waals surface area contributed by atoms with Crippen LogP contribution in [0, 0.1) is 5.41 Å². The lowest BCUT2D eigenvalue weighted by atomic mass is 9.65. The molecule has 0 aromatic carbocycles. The van der Waals surface area contributed by atoms with Gasteiger partial charge in [0.2, 0.25) is 0 Å². The van der Waals surface area contributed by atoms with Gasteiger partial charge in [-0.2, -0.15) is 0 Å². The van der Waals surface area contributed by atoms with Crippen molar-refractivity contribution in [3.05, 3.63) is 29.6 Å². The van der Waals surface area contributed by atoms with Crippen molar-refractivity contribution in [3.63, 3.8) is 0 Å². The molecule has 1 aromatic rings. The number of piperidine rings is 1. The summed E-state index contributed by atoms with van der Waals surface area (Å²) in [5, 5.41) is 3.47. The Morgan fingerprint density at radius 2 is 2.00 bits per heavy atom. The van der Waals surface area contributed by atoms with Gasteiger partial charge in [0.1, 0.15) is 0 Å². The molecule has 2 aliphatic carbocycles. The fraction of sp³-hybridized carbons (Fsp3) is 0.643. The molecule has 2 spiro atoms. The molecule has 3 N–H and O–H groups in total. The summed E-state index contributed by atoms with van der Waals surface area (Å²) in [6.45, 7) is 2.23. The molecule has 2 heterocycles. The van der Waals surface area contributed by atoms with Crippen LogP contribution in [0.5, 0.6) is 0 Å². The van der Waals surface area contributed by atoms with Gasteiger partial charge < -0.3 is 11.1 Å². The number of fused-ring (bicyclic) bond motifs is 3. The second-order valence-corrected chi connectivity index (χ2v) is 5.91. The van der Waals surface area contributed by atoms with Crippen LogP contribution in [0.3, 0.4) is 0 Å². The summed E-state index contributed by atoms with van der Waals surface area (Å²) in [6, 6.07) is 4.44. The van der Waals surface area contributed by atoms with E-state index in [1.807, 2.05) is 12.3 Å². The monoisotopic (exact) mass is 229 g/mol. The third kappa shape index (κ3) is 1.03. The summed E-state index contributed by atoms with van der Waals surface area (Å²) in [6.07, 6.45) is 6.95. The molecule has 1 saturated carbocycles. The average Bonchev–Trinajstić information content (AvgIpc) is 3.17. The first-order valence-electron chi connectivity index (χ1n) is 6.72. The Morgan fingerprint density at radius 1 is 1.24 bits per heavy atom. The van der Waals surface area contributed by atoms with Gasteiger partial charge in [-0.25, -0.2) is 0 Å². The SMILES string of the molecule is N[C@@H]1c2cccnc2C2(CC2)C12CCNCC2.